The van der Waals surface area contributed by atoms with Crippen LogP contribution in [0.2, 0.25) is 0 Å². The van der Waals surface area contributed by atoms with Gasteiger partial charge in [0.25, 0.3) is 0 Å². The molecule has 1 aromatic rings. The number of carbonyl (C=O) groups excluding carboxylic acids is 1. The van der Waals surface area contributed by atoms with Crippen LogP contribution in [-0.4, -0.2) is 5.91 Å². The summed E-state index contributed by atoms with van der Waals surface area (Å²) in [5.74, 6) is -0.173. The zero-order chi connectivity index (χ0) is 13.7. The van der Waals surface area contributed by atoms with E-state index in [1.807, 2.05) is 20.8 Å². The fourth-order valence-corrected chi connectivity index (χ4v) is 1.51. The molecule has 0 aliphatic rings. The van der Waals surface area contributed by atoms with Gasteiger partial charge in [-0.3, -0.25) is 4.79 Å². The molecule has 3 N–H and O–H groups in total. The van der Waals surface area contributed by atoms with E-state index in [1.165, 1.54) is 6.07 Å². The highest BCUT2D eigenvalue weighted by Crippen LogP contribution is 2.12. The Kier molecular flexibility index (Phi) is 5.28. The maximum absolute atomic E-state index is 13.6. The average Bonchev–Trinajstić information content (AvgIpc) is 2.35. The van der Waals surface area contributed by atoms with Crippen LogP contribution in [0.3, 0.4) is 0 Å². The summed E-state index contributed by atoms with van der Waals surface area (Å²) in [7, 11) is 0. The van der Waals surface area contributed by atoms with Crippen LogP contribution in [0.25, 0.3) is 0 Å². The zero-order valence-corrected chi connectivity index (χ0v) is 11.2. The van der Waals surface area contributed by atoms with Crippen LogP contribution in [0.1, 0.15) is 31.9 Å². The number of benzene rings is 1. The van der Waals surface area contributed by atoms with Crippen LogP contribution in [0, 0.1) is 17.7 Å². The third-order valence-corrected chi connectivity index (χ3v) is 3.22. The first-order valence-electron chi connectivity index (χ1n) is 6.20. The highest BCUT2D eigenvalue weighted by molar-refractivity contribution is 5.78. The highest BCUT2D eigenvalue weighted by atomic mass is 19.1. The van der Waals surface area contributed by atoms with Gasteiger partial charge in [-0.25, -0.2) is 4.39 Å². The number of halogens is 1. The molecule has 0 aliphatic heterocycles. The Labute approximate surface area is 108 Å². The van der Waals surface area contributed by atoms with E-state index in [1.54, 1.807) is 12.1 Å². The summed E-state index contributed by atoms with van der Waals surface area (Å²) in [5.41, 5.74) is 6.66. The molecule has 0 radical (unpaired) electrons. The second-order valence-electron chi connectivity index (χ2n) is 4.88. The lowest BCUT2D eigenvalue weighted by Crippen LogP contribution is -2.31. The monoisotopic (exact) mass is 252 g/mol. The molecule has 1 rings (SSSR count). The van der Waals surface area contributed by atoms with Gasteiger partial charge >= 0.3 is 0 Å². The first-order chi connectivity index (χ1) is 8.45. The molecule has 0 fully saturated rings. The van der Waals surface area contributed by atoms with Gasteiger partial charge in [-0.15, -0.1) is 0 Å². The van der Waals surface area contributed by atoms with Gasteiger partial charge in [0, 0.05) is 24.6 Å². The van der Waals surface area contributed by atoms with Crippen LogP contribution >= 0.6 is 0 Å². The number of nitrogens with one attached hydrogen (secondary N) is 1. The predicted molar refractivity (Wildman–Crippen MR) is 70.1 cm³/mol. The molecule has 3 nitrogen and oxygen atoms in total. The van der Waals surface area contributed by atoms with E-state index in [9.17, 15) is 9.18 Å². The topological polar surface area (TPSA) is 55.1 Å². The normalized spacial score (nSPS) is 12.6. The van der Waals surface area contributed by atoms with Crippen LogP contribution in [0.15, 0.2) is 18.2 Å². The Morgan fingerprint density at radius 3 is 2.56 bits per heavy atom. The van der Waals surface area contributed by atoms with Gasteiger partial charge in [0.2, 0.25) is 5.91 Å². The van der Waals surface area contributed by atoms with E-state index in [0.717, 1.165) is 5.56 Å². The molecule has 1 aromatic carbocycles. The maximum Gasteiger partial charge on any atom is 0.223 e. The number of amides is 1. The summed E-state index contributed by atoms with van der Waals surface area (Å²) >= 11 is 0. The summed E-state index contributed by atoms with van der Waals surface area (Å²) in [5, 5.41) is 2.75. The molecule has 0 aromatic heterocycles. The molecule has 0 heterocycles. The lowest BCUT2D eigenvalue weighted by molar-refractivity contribution is -0.125. The van der Waals surface area contributed by atoms with E-state index in [0.29, 0.717) is 12.1 Å². The molecule has 18 heavy (non-hydrogen) atoms. The fourth-order valence-electron chi connectivity index (χ4n) is 1.51. The lowest BCUT2D eigenvalue weighted by atomic mass is 9.97. The van der Waals surface area contributed by atoms with E-state index >= 15 is 0 Å². The van der Waals surface area contributed by atoms with Gasteiger partial charge in [-0.2, -0.15) is 0 Å². The second kappa shape index (κ2) is 6.50. The van der Waals surface area contributed by atoms with Crippen molar-refractivity contribution in [1.29, 1.82) is 0 Å². The molecule has 100 valence electrons. The number of rotatable bonds is 5. The number of hydrogen-bond acceptors (Lipinski definition) is 2. The Morgan fingerprint density at radius 1 is 1.39 bits per heavy atom. The molecule has 0 bridgehead atoms. The standard InChI is InChI=1S/C14H21FN2O/c1-9(2)10(3)14(18)17-8-12-5-4-11(7-16)6-13(12)15/h4-6,9-10H,7-8,16H2,1-3H3,(H,17,18). The maximum atomic E-state index is 13.6. The van der Waals surface area contributed by atoms with Gasteiger partial charge in [0.15, 0.2) is 0 Å². The van der Waals surface area contributed by atoms with Crippen molar-refractivity contribution in [3.8, 4) is 0 Å². The van der Waals surface area contributed by atoms with Crippen molar-refractivity contribution in [3.05, 3.63) is 35.1 Å². The van der Waals surface area contributed by atoms with E-state index in [-0.39, 0.29) is 30.1 Å². The van der Waals surface area contributed by atoms with Crippen LogP contribution in [-0.2, 0) is 17.9 Å². The smallest absolute Gasteiger partial charge is 0.223 e. The summed E-state index contributed by atoms with van der Waals surface area (Å²) in [6.07, 6.45) is 0. The molecular formula is C14H21FN2O. The minimum Gasteiger partial charge on any atom is -0.352 e. The number of carbonyl (C=O) groups is 1. The van der Waals surface area contributed by atoms with Crippen molar-refractivity contribution >= 4 is 5.91 Å². The molecule has 0 spiro atoms. The summed E-state index contributed by atoms with van der Waals surface area (Å²) < 4.78 is 13.6. The van der Waals surface area contributed by atoms with Crippen molar-refractivity contribution in [2.45, 2.75) is 33.9 Å². The van der Waals surface area contributed by atoms with Crippen molar-refractivity contribution < 1.29 is 9.18 Å². The minimum absolute atomic E-state index is 0.0488. The van der Waals surface area contributed by atoms with E-state index < -0.39 is 0 Å². The molecule has 0 saturated carbocycles. The third kappa shape index (κ3) is 3.81. The highest BCUT2D eigenvalue weighted by Gasteiger charge is 2.16. The fraction of sp³-hybridized carbons (Fsp3) is 0.500. The van der Waals surface area contributed by atoms with Gasteiger partial charge in [0.05, 0.1) is 0 Å². The third-order valence-electron chi connectivity index (χ3n) is 3.22. The number of nitrogens with two attached hydrogens (primary N) is 1. The molecule has 0 aliphatic carbocycles. The SMILES string of the molecule is CC(C)C(C)C(=O)NCc1ccc(CN)cc1F. The Morgan fingerprint density at radius 2 is 2.06 bits per heavy atom. The Balaban J connectivity index is 2.61. The van der Waals surface area contributed by atoms with Crippen molar-refractivity contribution in [2.24, 2.45) is 17.6 Å². The van der Waals surface area contributed by atoms with Crippen LogP contribution in [0.5, 0.6) is 0 Å². The van der Waals surface area contributed by atoms with E-state index in [2.05, 4.69) is 5.32 Å². The average molecular weight is 252 g/mol. The van der Waals surface area contributed by atoms with Gasteiger partial charge in [-0.1, -0.05) is 32.9 Å². The second-order valence-corrected chi connectivity index (χ2v) is 4.88. The lowest BCUT2D eigenvalue weighted by Gasteiger charge is -2.15. The molecule has 0 saturated heterocycles. The van der Waals surface area contributed by atoms with Crippen molar-refractivity contribution in [1.82, 2.24) is 5.32 Å². The summed E-state index contributed by atoms with van der Waals surface area (Å²) in [6, 6.07) is 4.85. The number of hydrogen-bond donors (Lipinski definition) is 2. The first-order valence-corrected chi connectivity index (χ1v) is 6.20. The predicted octanol–water partition coefficient (Wildman–Crippen LogP) is 2.19. The Bertz CT molecular complexity index is 418. The van der Waals surface area contributed by atoms with Crippen molar-refractivity contribution in [2.75, 3.05) is 0 Å². The molecule has 1 amide bonds. The molecule has 1 atom stereocenters. The first kappa shape index (κ1) is 14.6. The minimum atomic E-state index is -0.324. The summed E-state index contributed by atoms with van der Waals surface area (Å²) in [6.45, 7) is 6.37. The molecule has 4 heteroatoms. The van der Waals surface area contributed by atoms with E-state index in [4.69, 9.17) is 5.73 Å². The summed E-state index contributed by atoms with van der Waals surface area (Å²) in [4.78, 5) is 11.7. The van der Waals surface area contributed by atoms with Gasteiger partial charge in [-0.05, 0) is 17.5 Å². The molecule has 1 unspecified atom stereocenters. The molecular weight excluding hydrogens is 231 g/mol. The van der Waals surface area contributed by atoms with Crippen molar-refractivity contribution in [3.63, 3.8) is 0 Å². The largest absolute Gasteiger partial charge is 0.352 e. The van der Waals surface area contributed by atoms with Gasteiger partial charge < -0.3 is 11.1 Å². The van der Waals surface area contributed by atoms with Gasteiger partial charge in [0.1, 0.15) is 5.82 Å². The Hall–Kier alpha value is -1.42. The van der Waals surface area contributed by atoms with Crippen LogP contribution < -0.4 is 11.1 Å². The van der Waals surface area contributed by atoms with Crippen LogP contribution in [0.4, 0.5) is 4.39 Å². The zero-order valence-electron chi connectivity index (χ0n) is 11.2. The quantitative estimate of drug-likeness (QED) is 0.844.